The molecular formula is C27H27N5O2S. The molecule has 2 aromatic carbocycles. The van der Waals surface area contributed by atoms with E-state index in [0.29, 0.717) is 22.5 Å². The van der Waals surface area contributed by atoms with E-state index < -0.39 is 0 Å². The summed E-state index contributed by atoms with van der Waals surface area (Å²) < 4.78 is 0. The second-order valence-electron chi connectivity index (χ2n) is 8.72. The number of aromatic nitrogens is 2. The molecular weight excluding hydrogens is 458 g/mol. The van der Waals surface area contributed by atoms with Crippen molar-refractivity contribution in [1.82, 2.24) is 20.6 Å². The van der Waals surface area contributed by atoms with Gasteiger partial charge in [-0.2, -0.15) is 0 Å². The Balaban J connectivity index is 1.14. The fraction of sp³-hybridized carbons (Fsp3) is 0.259. The van der Waals surface area contributed by atoms with Gasteiger partial charge in [-0.05, 0) is 65.9 Å². The van der Waals surface area contributed by atoms with Crippen LogP contribution in [0, 0.1) is 5.92 Å². The molecule has 0 aliphatic carbocycles. The van der Waals surface area contributed by atoms with Crippen LogP contribution < -0.4 is 15.5 Å². The predicted molar refractivity (Wildman–Crippen MR) is 140 cm³/mol. The van der Waals surface area contributed by atoms with Gasteiger partial charge in [-0.3, -0.25) is 14.9 Å². The van der Waals surface area contributed by atoms with Gasteiger partial charge in [-0.15, -0.1) is 0 Å². The first-order valence-corrected chi connectivity index (χ1v) is 12.6. The molecule has 8 heteroatoms. The van der Waals surface area contributed by atoms with Crippen molar-refractivity contribution >= 4 is 34.9 Å². The zero-order valence-corrected chi connectivity index (χ0v) is 20.1. The standard InChI is InChI=1S/C27H27N5O2S/c33-25-24(35-27(34)31-25)16-22-10-13-29-26(30-22)32-14-11-19(12-15-32)17-28-18-21-8-4-5-9-23(21)20-6-2-1-3-7-20/h1-10,13,16,19,28H,11-12,14-15,17-18H2,(H,31,33,34). The third-order valence-electron chi connectivity index (χ3n) is 6.33. The van der Waals surface area contributed by atoms with E-state index in [1.807, 2.05) is 6.07 Å². The summed E-state index contributed by atoms with van der Waals surface area (Å²) in [4.78, 5) is 34.8. The maximum atomic E-state index is 11.8. The van der Waals surface area contributed by atoms with E-state index in [2.05, 4.69) is 74.0 Å². The van der Waals surface area contributed by atoms with Gasteiger partial charge in [-0.25, -0.2) is 9.97 Å². The average Bonchev–Trinajstić information content (AvgIpc) is 3.21. The maximum absolute atomic E-state index is 11.8. The molecule has 0 atom stereocenters. The molecule has 2 aliphatic heterocycles. The lowest BCUT2D eigenvalue weighted by atomic mass is 9.96. The van der Waals surface area contributed by atoms with Crippen LogP contribution in [-0.2, 0) is 11.3 Å². The second kappa shape index (κ2) is 10.8. The summed E-state index contributed by atoms with van der Waals surface area (Å²) in [5.74, 6) is 0.891. The minimum atomic E-state index is -0.375. The maximum Gasteiger partial charge on any atom is 0.290 e. The van der Waals surface area contributed by atoms with Crippen LogP contribution in [0.25, 0.3) is 17.2 Å². The van der Waals surface area contributed by atoms with Crippen molar-refractivity contribution in [2.75, 3.05) is 24.5 Å². The normalized spacial score (nSPS) is 17.7. The van der Waals surface area contributed by atoms with E-state index in [-0.39, 0.29) is 11.1 Å². The van der Waals surface area contributed by atoms with Gasteiger partial charge >= 0.3 is 0 Å². The number of nitrogens with zero attached hydrogens (tertiary/aromatic N) is 3. The summed E-state index contributed by atoms with van der Waals surface area (Å²) in [6.45, 7) is 3.60. The zero-order chi connectivity index (χ0) is 24.0. The first kappa shape index (κ1) is 23.3. The minimum absolute atomic E-state index is 0.352. The number of imide groups is 1. The number of anilines is 1. The molecule has 2 N–H and O–H groups in total. The predicted octanol–water partition coefficient (Wildman–Crippen LogP) is 4.47. The first-order valence-electron chi connectivity index (χ1n) is 11.8. The molecule has 0 bridgehead atoms. The summed E-state index contributed by atoms with van der Waals surface area (Å²) in [5.41, 5.74) is 4.46. The molecule has 5 rings (SSSR count). The number of hydrogen-bond acceptors (Lipinski definition) is 7. The van der Waals surface area contributed by atoms with Crippen molar-refractivity contribution < 1.29 is 9.59 Å². The van der Waals surface area contributed by atoms with Crippen molar-refractivity contribution in [2.24, 2.45) is 5.92 Å². The number of nitrogens with one attached hydrogen (secondary N) is 2. The number of amides is 2. The molecule has 3 heterocycles. The molecule has 0 unspecified atom stereocenters. The number of benzene rings is 2. The van der Waals surface area contributed by atoms with Crippen LogP contribution in [0.15, 0.2) is 71.8 Å². The molecule has 3 aromatic rings. The zero-order valence-electron chi connectivity index (χ0n) is 19.3. The van der Waals surface area contributed by atoms with Gasteiger partial charge in [0.05, 0.1) is 10.6 Å². The van der Waals surface area contributed by atoms with Gasteiger partial charge in [-0.1, -0.05) is 54.6 Å². The van der Waals surface area contributed by atoms with E-state index in [9.17, 15) is 9.59 Å². The molecule has 0 spiro atoms. The molecule has 1 aromatic heterocycles. The van der Waals surface area contributed by atoms with Crippen LogP contribution in [0.2, 0.25) is 0 Å². The Hall–Kier alpha value is -3.49. The molecule has 0 radical (unpaired) electrons. The number of piperidine rings is 1. The smallest absolute Gasteiger partial charge is 0.290 e. The van der Waals surface area contributed by atoms with Crippen molar-refractivity contribution in [3.05, 3.63) is 83.0 Å². The van der Waals surface area contributed by atoms with E-state index in [1.165, 1.54) is 16.7 Å². The first-order chi connectivity index (χ1) is 17.2. The van der Waals surface area contributed by atoms with E-state index in [4.69, 9.17) is 0 Å². The number of carbonyl (C=O) groups is 2. The summed E-state index contributed by atoms with van der Waals surface area (Å²) in [7, 11) is 0. The monoisotopic (exact) mass is 485 g/mol. The summed E-state index contributed by atoms with van der Waals surface area (Å²) in [6, 6.07) is 20.8. The Morgan fingerprint density at radius 3 is 2.57 bits per heavy atom. The topological polar surface area (TPSA) is 87.2 Å². The van der Waals surface area contributed by atoms with Crippen molar-refractivity contribution in [3.8, 4) is 11.1 Å². The summed E-state index contributed by atoms with van der Waals surface area (Å²) in [5, 5.41) is 5.58. The Morgan fingerprint density at radius 1 is 1.03 bits per heavy atom. The van der Waals surface area contributed by atoms with Gasteiger partial charge in [0.15, 0.2) is 0 Å². The highest BCUT2D eigenvalue weighted by Gasteiger charge is 2.25. The summed E-state index contributed by atoms with van der Waals surface area (Å²) in [6.07, 6.45) is 5.47. The third kappa shape index (κ3) is 5.78. The average molecular weight is 486 g/mol. The number of rotatable bonds is 7. The van der Waals surface area contributed by atoms with Gasteiger partial charge in [0, 0.05) is 25.8 Å². The van der Waals surface area contributed by atoms with Crippen LogP contribution >= 0.6 is 11.8 Å². The lowest BCUT2D eigenvalue weighted by Gasteiger charge is -2.32. The van der Waals surface area contributed by atoms with E-state index in [0.717, 1.165) is 50.8 Å². The molecule has 7 nitrogen and oxygen atoms in total. The van der Waals surface area contributed by atoms with Crippen LogP contribution in [-0.4, -0.2) is 40.7 Å². The largest absolute Gasteiger partial charge is 0.341 e. The van der Waals surface area contributed by atoms with Crippen LogP contribution in [0.4, 0.5) is 10.7 Å². The number of hydrogen-bond donors (Lipinski definition) is 2. The van der Waals surface area contributed by atoms with Gasteiger partial charge in [0.1, 0.15) is 0 Å². The number of carbonyl (C=O) groups excluding carboxylic acids is 2. The highest BCUT2D eigenvalue weighted by Crippen LogP contribution is 2.26. The molecule has 35 heavy (non-hydrogen) atoms. The quantitative estimate of drug-likeness (QED) is 0.477. The molecule has 178 valence electrons. The highest BCUT2D eigenvalue weighted by molar-refractivity contribution is 8.18. The lowest BCUT2D eigenvalue weighted by molar-refractivity contribution is -0.115. The summed E-state index contributed by atoms with van der Waals surface area (Å²) >= 11 is 0.896. The third-order valence-corrected chi connectivity index (χ3v) is 7.14. The van der Waals surface area contributed by atoms with Crippen LogP contribution in [0.1, 0.15) is 24.1 Å². The Bertz CT molecular complexity index is 1240. The molecule has 2 saturated heterocycles. The Morgan fingerprint density at radius 2 is 1.80 bits per heavy atom. The van der Waals surface area contributed by atoms with Crippen LogP contribution in [0.5, 0.6) is 0 Å². The number of thioether (sulfide) groups is 1. The second-order valence-corrected chi connectivity index (χ2v) is 9.73. The van der Waals surface area contributed by atoms with Crippen molar-refractivity contribution in [2.45, 2.75) is 19.4 Å². The van der Waals surface area contributed by atoms with Crippen molar-refractivity contribution in [3.63, 3.8) is 0 Å². The lowest BCUT2D eigenvalue weighted by Crippen LogP contribution is -2.38. The van der Waals surface area contributed by atoms with Gasteiger partial charge < -0.3 is 10.2 Å². The van der Waals surface area contributed by atoms with E-state index >= 15 is 0 Å². The molecule has 2 amide bonds. The minimum Gasteiger partial charge on any atom is -0.341 e. The molecule has 2 fully saturated rings. The molecule has 2 aliphatic rings. The Kier molecular flexibility index (Phi) is 7.20. The van der Waals surface area contributed by atoms with Crippen LogP contribution in [0.3, 0.4) is 0 Å². The Labute approximate surface area is 209 Å². The molecule has 0 saturated carbocycles. The highest BCUT2D eigenvalue weighted by atomic mass is 32.2. The van der Waals surface area contributed by atoms with Crippen molar-refractivity contribution in [1.29, 1.82) is 0 Å². The van der Waals surface area contributed by atoms with Gasteiger partial charge in [0.25, 0.3) is 11.1 Å². The fourth-order valence-corrected chi connectivity index (χ4v) is 5.14. The van der Waals surface area contributed by atoms with E-state index in [1.54, 1.807) is 18.3 Å². The fourth-order valence-electron chi connectivity index (χ4n) is 4.47. The SMILES string of the molecule is O=C1NC(=O)C(=Cc2ccnc(N3CCC(CNCc4ccccc4-c4ccccc4)CC3)n2)S1. The van der Waals surface area contributed by atoms with Gasteiger partial charge in [0.2, 0.25) is 5.95 Å².